The molecule has 4 heteroatoms. The molecular weight excluding hydrogens is 267 g/mol. The quantitative estimate of drug-likeness (QED) is 0.887. The van der Waals surface area contributed by atoms with E-state index in [9.17, 15) is 9.18 Å². The number of halogens is 1. The molecular formula is C17H19FN2O. The molecule has 110 valence electrons. The van der Waals surface area contributed by atoms with Crippen LogP contribution in [0.1, 0.15) is 24.1 Å². The molecule has 0 aliphatic carbocycles. The number of carbonyl (C=O) groups excluding carboxylic acids is 1. The van der Waals surface area contributed by atoms with Gasteiger partial charge in [0.25, 0.3) is 0 Å². The summed E-state index contributed by atoms with van der Waals surface area (Å²) in [6.07, 6.45) is 0.489. The molecule has 0 fully saturated rings. The predicted molar refractivity (Wildman–Crippen MR) is 81.1 cm³/mol. The summed E-state index contributed by atoms with van der Waals surface area (Å²) in [7, 11) is 0. The average molecular weight is 286 g/mol. The first kappa shape index (κ1) is 15.2. The van der Waals surface area contributed by atoms with Crippen molar-refractivity contribution in [2.75, 3.05) is 0 Å². The second kappa shape index (κ2) is 6.99. The van der Waals surface area contributed by atoms with Crippen molar-refractivity contribution >= 4 is 5.91 Å². The molecule has 1 amide bonds. The van der Waals surface area contributed by atoms with E-state index >= 15 is 0 Å². The van der Waals surface area contributed by atoms with E-state index in [-0.39, 0.29) is 17.8 Å². The Hall–Kier alpha value is -2.20. The van der Waals surface area contributed by atoms with Crippen molar-refractivity contribution in [3.05, 3.63) is 71.5 Å². The summed E-state index contributed by atoms with van der Waals surface area (Å²) in [5.41, 5.74) is 7.79. The number of amides is 1. The van der Waals surface area contributed by atoms with Crippen LogP contribution in [0, 0.1) is 5.82 Å². The minimum atomic E-state index is -0.602. The summed E-state index contributed by atoms with van der Waals surface area (Å²) in [6.45, 7) is 1.85. The number of carbonyl (C=O) groups is 1. The predicted octanol–water partition coefficient (Wildman–Crippen LogP) is 2.57. The molecule has 2 atom stereocenters. The van der Waals surface area contributed by atoms with Gasteiger partial charge in [0.15, 0.2) is 0 Å². The summed E-state index contributed by atoms with van der Waals surface area (Å²) in [5, 5.41) is 2.85. The SMILES string of the molecule is CC(NC(=O)[C@@H](N)Cc1ccccc1)c1ccc(F)cc1. The molecule has 2 rings (SSSR count). The van der Waals surface area contributed by atoms with Crippen LogP contribution in [0.3, 0.4) is 0 Å². The van der Waals surface area contributed by atoms with E-state index in [0.29, 0.717) is 6.42 Å². The summed E-state index contributed by atoms with van der Waals surface area (Å²) in [5.74, 6) is -0.506. The Morgan fingerprint density at radius 2 is 1.76 bits per heavy atom. The molecule has 1 unspecified atom stereocenters. The number of hydrogen-bond donors (Lipinski definition) is 2. The van der Waals surface area contributed by atoms with Crippen LogP contribution in [0.2, 0.25) is 0 Å². The van der Waals surface area contributed by atoms with Crippen LogP contribution in [0.15, 0.2) is 54.6 Å². The van der Waals surface area contributed by atoms with Gasteiger partial charge in [0, 0.05) is 0 Å². The van der Waals surface area contributed by atoms with Crippen molar-refractivity contribution in [1.82, 2.24) is 5.32 Å². The number of benzene rings is 2. The average Bonchev–Trinajstić information content (AvgIpc) is 2.48. The van der Waals surface area contributed by atoms with Gasteiger partial charge in [-0.05, 0) is 36.6 Å². The molecule has 0 heterocycles. The number of nitrogens with two attached hydrogens (primary N) is 1. The minimum Gasteiger partial charge on any atom is -0.348 e. The standard InChI is InChI=1S/C17H19FN2O/c1-12(14-7-9-15(18)10-8-14)20-17(21)16(19)11-13-5-3-2-4-6-13/h2-10,12,16H,11,19H2,1H3,(H,20,21)/t12?,16-/m0/s1. The van der Waals surface area contributed by atoms with Gasteiger partial charge in [-0.3, -0.25) is 4.79 Å². The monoisotopic (exact) mass is 286 g/mol. The van der Waals surface area contributed by atoms with Gasteiger partial charge < -0.3 is 11.1 Å². The van der Waals surface area contributed by atoms with Crippen molar-refractivity contribution in [3.63, 3.8) is 0 Å². The lowest BCUT2D eigenvalue weighted by Gasteiger charge is -2.18. The second-order valence-electron chi connectivity index (χ2n) is 5.08. The Kier molecular flexibility index (Phi) is 5.06. The highest BCUT2D eigenvalue weighted by molar-refractivity contribution is 5.82. The van der Waals surface area contributed by atoms with E-state index in [0.717, 1.165) is 11.1 Å². The maximum atomic E-state index is 12.9. The van der Waals surface area contributed by atoms with Crippen LogP contribution >= 0.6 is 0 Å². The molecule has 0 spiro atoms. The normalized spacial score (nSPS) is 13.5. The molecule has 0 radical (unpaired) electrons. The third kappa shape index (κ3) is 4.39. The van der Waals surface area contributed by atoms with Crippen LogP contribution in [-0.2, 0) is 11.2 Å². The summed E-state index contributed by atoms with van der Waals surface area (Å²) in [4.78, 5) is 12.1. The molecule has 0 saturated heterocycles. The molecule has 3 N–H and O–H groups in total. The highest BCUT2D eigenvalue weighted by atomic mass is 19.1. The maximum Gasteiger partial charge on any atom is 0.237 e. The molecule has 0 saturated carbocycles. The van der Waals surface area contributed by atoms with E-state index < -0.39 is 6.04 Å². The van der Waals surface area contributed by atoms with E-state index in [1.54, 1.807) is 12.1 Å². The van der Waals surface area contributed by atoms with E-state index in [1.807, 2.05) is 37.3 Å². The van der Waals surface area contributed by atoms with Gasteiger partial charge in [0.2, 0.25) is 5.91 Å². The van der Waals surface area contributed by atoms with Crippen molar-refractivity contribution in [2.24, 2.45) is 5.73 Å². The lowest BCUT2D eigenvalue weighted by atomic mass is 10.0. The lowest BCUT2D eigenvalue weighted by molar-refractivity contribution is -0.123. The van der Waals surface area contributed by atoms with E-state index in [2.05, 4.69) is 5.32 Å². The zero-order chi connectivity index (χ0) is 15.2. The Labute approximate surface area is 124 Å². The summed E-state index contributed by atoms with van der Waals surface area (Å²) < 4.78 is 12.9. The topological polar surface area (TPSA) is 55.1 Å². The highest BCUT2D eigenvalue weighted by Crippen LogP contribution is 2.13. The smallest absolute Gasteiger partial charge is 0.237 e. The zero-order valence-corrected chi connectivity index (χ0v) is 11.9. The third-order valence-electron chi connectivity index (χ3n) is 3.36. The van der Waals surface area contributed by atoms with Crippen molar-refractivity contribution < 1.29 is 9.18 Å². The van der Waals surface area contributed by atoms with Crippen LogP contribution in [-0.4, -0.2) is 11.9 Å². The lowest BCUT2D eigenvalue weighted by Crippen LogP contribution is -2.42. The second-order valence-corrected chi connectivity index (χ2v) is 5.08. The Balaban J connectivity index is 1.92. The Morgan fingerprint density at radius 1 is 1.14 bits per heavy atom. The van der Waals surface area contributed by atoms with Gasteiger partial charge >= 0.3 is 0 Å². The van der Waals surface area contributed by atoms with E-state index in [4.69, 9.17) is 5.73 Å². The number of rotatable bonds is 5. The highest BCUT2D eigenvalue weighted by Gasteiger charge is 2.17. The first-order valence-electron chi connectivity index (χ1n) is 6.91. The Bertz CT molecular complexity index is 583. The zero-order valence-electron chi connectivity index (χ0n) is 11.9. The largest absolute Gasteiger partial charge is 0.348 e. The minimum absolute atomic E-state index is 0.208. The van der Waals surface area contributed by atoms with Gasteiger partial charge in [-0.15, -0.1) is 0 Å². The molecule has 3 nitrogen and oxygen atoms in total. The summed E-state index contributed by atoms with van der Waals surface area (Å²) in [6, 6.07) is 14.9. The molecule has 2 aromatic carbocycles. The molecule has 0 bridgehead atoms. The van der Waals surface area contributed by atoms with Gasteiger partial charge in [-0.1, -0.05) is 42.5 Å². The fourth-order valence-corrected chi connectivity index (χ4v) is 2.12. The van der Waals surface area contributed by atoms with Crippen molar-refractivity contribution in [1.29, 1.82) is 0 Å². The third-order valence-corrected chi connectivity index (χ3v) is 3.36. The van der Waals surface area contributed by atoms with Gasteiger partial charge in [-0.2, -0.15) is 0 Å². The van der Waals surface area contributed by atoms with Crippen LogP contribution in [0.25, 0.3) is 0 Å². The number of hydrogen-bond acceptors (Lipinski definition) is 2. The maximum absolute atomic E-state index is 12.9. The first-order valence-corrected chi connectivity index (χ1v) is 6.91. The van der Waals surface area contributed by atoms with Crippen molar-refractivity contribution in [3.8, 4) is 0 Å². The van der Waals surface area contributed by atoms with E-state index in [1.165, 1.54) is 12.1 Å². The molecule has 21 heavy (non-hydrogen) atoms. The van der Waals surface area contributed by atoms with Gasteiger partial charge in [0.1, 0.15) is 5.82 Å². The Morgan fingerprint density at radius 3 is 2.38 bits per heavy atom. The van der Waals surface area contributed by atoms with Crippen LogP contribution < -0.4 is 11.1 Å². The fourth-order valence-electron chi connectivity index (χ4n) is 2.12. The van der Waals surface area contributed by atoms with Gasteiger partial charge in [-0.25, -0.2) is 4.39 Å². The molecule has 0 aliphatic rings. The van der Waals surface area contributed by atoms with Gasteiger partial charge in [0.05, 0.1) is 12.1 Å². The van der Waals surface area contributed by atoms with Crippen LogP contribution in [0.5, 0.6) is 0 Å². The molecule has 2 aromatic rings. The summed E-state index contributed by atoms with van der Waals surface area (Å²) >= 11 is 0. The molecule has 0 aliphatic heterocycles. The molecule has 0 aromatic heterocycles. The van der Waals surface area contributed by atoms with Crippen LogP contribution in [0.4, 0.5) is 4.39 Å². The first-order chi connectivity index (χ1) is 10.1. The van der Waals surface area contributed by atoms with Crippen molar-refractivity contribution in [2.45, 2.75) is 25.4 Å². The fraction of sp³-hybridized carbons (Fsp3) is 0.235. The number of nitrogens with one attached hydrogen (secondary N) is 1.